The fraction of sp³-hybridized carbons (Fsp3) is 0.320. The molecule has 1 aliphatic heterocycles. The molecule has 1 fully saturated rings. The first kappa shape index (κ1) is 18.4. The Labute approximate surface area is 179 Å². The van der Waals surface area contributed by atoms with E-state index in [0.717, 1.165) is 33.1 Å². The van der Waals surface area contributed by atoms with Gasteiger partial charge in [-0.25, -0.2) is 15.0 Å². The van der Waals surface area contributed by atoms with Gasteiger partial charge in [-0.1, -0.05) is 43.5 Å². The Morgan fingerprint density at radius 3 is 2.68 bits per heavy atom. The number of hydrogen-bond acceptors (Lipinski definition) is 5. The normalized spacial score (nSPS) is 16.8. The molecule has 6 rings (SSSR count). The van der Waals surface area contributed by atoms with Gasteiger partial charge in [0.1, 0.15) is 6.61 Å². The van der Waals surface area contributed by atoms with Crippen LogP contribution < -0.4 is 15.6 Å². The molecule has 0 saturated heterocycles. The maximum Gasteiger partial charge on any atom is 0.274 e. The minimum atomic E-state index is 0.175. The zero-order valence-electron chi connectivity index (χ0n) is 17.3. The van der Waals surface area contributed by atoms with Gasteiger partial charge in [0.25, 0.3) is 5.55 Å². The van der Waals surface area contributed by atoms with E-state index in [2.05, 4.69) is 33.2 Å². The van der Waals surface area contributed by atoms with Crippen molar-refractivity contribution in [2.75, 3.05) is 0 Å². The van der Waals surface area contributed by atoms with Crippen molar-refractivity contribution >= 4 is 17.1 Å². The smallest absolute Gasteiger partial charge is 0.274 e. The lowest BCUT2D eigenvalue weighted by Crippen LogP contribution is -2.50. The summed E-state index contributed by atoms with van der Waals surface area (Å²) in [6.45, 7) is 0.394. The Morgan fingerprint density at radius 1 is 1.03 bits per heavy atom. The highest BCUT2D eigenvalue weighted by Gasteiger charge is 2.31. The summed E-state index contributed by atoms with van der Waals surface area (Å²) < 4.78 is 13.8. The Hall–Kier alpha value is -3.41. The van der Waals surface area contributed by atoms with Gasteiger partial charge >= 0.3 is 0 Å². The monoisotopic (exact) mass is 412 g/mol. The molecule has 4 heterocycles. The summed E-state index contributed by atoms with van der Waals surface area (Å²) in [6.07, 6.45) is 10.1. The van der Waals surface area contributed by atoms with Crippen molar-refractivity contribution in [1.29, 1.82) is 0 Å². The van der Waals surface area contributed by atoms with E-state index in [4.69, 9.17) is 9.26 Å². The van der Waals surface area contributed by atoms with E-state index in [1.807, 2.05) is 47.5 Å². The van der Waals surface area contributed by atoms with Crippen molar-refractivity contribution in [2.24, 2.45) is 10.9 Å². The summed E-state index contributed by atoms with van der Waals surface area (Å²) in [5.41, 5.74) is 3.79. The van der Waals surface area contributed by atoms with Crippen LogP contribution in [0.5, 0.6) is 5.88 Å². The molecule has 3 aromatic heterocycles. The Bertz CT molecular complexity index is 1330. The predicted octanol–water partition coefficient (Wildman–Crippen LogP) is 4.14. The molecule has 1 saturated carbocycles. The van der Waals surface area contributed by atoms with Crippen LogP contribution in [0.2, 0.25) is 0 Å². The summed E-state index contributed by atoms with van der Waals surface area (Å²) in [7, 11) is 0. The second-order valence-corrected chi connectivity index (χ2v) is 8.42. The second kappa shape index (κ2) is 7.69. The van der Waals surface area contributed by atoms with Crippen LogP contribution in [0.3, 0.4) is 0 Å². The molecule has 156 valence electrons. The largest absolute Gasteiger partial charge is 0.471 e. The quantitative estimate of drug-likeness (QED) is 0.477. The summed E-state index contributed by atoms with van der Waals surface area (Å²) in [6, 6.07) is 16.4. The van der Waals surface area contributed by atoms with Gasteiger partial charge in [0.15, 0.2) is 5.35 Å². The van der Waals surface area contributed by atoms with Crippen molar-refractivity contribution in [3.63, 3.8) is 0 Å². The van der Waals surface area contributed by atoms with Gasteiger partial charge in [0.05, 0.1) is 23.5 Å². The van der Waals surface area contributed by atoms with Gasteiger partial charge in [-0.05, 0) is 42.5 Å². The van der Waals surface area contributed by atoms with Gasteiger partial charge in [-0.15, -0.1) is 0 Å². The highest BCUT2D eigenvalue weighted by Crippen LogP contribution is 2.36. The standard InChI is InChI=1S/C25H24N4O2/c1-2-7-18(8-3-1)24(29-22-15-27-25(22)31-29)19-11-13-23(26-14-19)30-16-20-12-10-17-6-4-5-9-21(17)28-20/h4-6,9-15,18,24H,1-3,7-8,16H2. The molecular weight excluding hydrogens is 388 g/mol. The van der Waals surface area contributed by atoms with Crippen LogP contribution in [0.4, 0.5) is 0 Å². The number of nitrogens with zero attached hydrogens (tertiary/aromatic N) is 4. The molecule has 31 heavy (non-hydrogen) atoms. The lowest BCUT2D eigenvalue weighted by atomic mass is 9.81. The number of fused-ring (bicyclic) bond motifs is 2. The van der Waals surface area contributed by atoms with E-state index < -0.39 is 0 Å². The minimum absolute atomic E-state index is 0.175. The van der Waals surface area contributed by atoms with Gasteiger partial charge in [0, 0.05) is 17.6 Å². The van der Waals surface area contributed by atoms with Crippen molar-refractivity contribution < 1.29 is 9.26 Å². The molecule has 6 heteroatoms. The molecule has 1 atom stereocenters. The average Bonchev–Trinajstić information content (AvgIpc) is 2.82. The topological polar surface area (TPSA) is 65.4 Å². The number of para-hydroxylation sites is 1. The summed E-state index contributed by atoms with van der Waals surface area (Å²) in [4.78, 5) is 13.4. The van der Waals surface area contributed by atoms with Crippen molar-refractivity contribution in [3.05, 3.63) is 76.9 Å². The molecule has 6 nitrogen and oxygen atoms in total. The van der Waals surface area contributed by atoms with Gasteiger partial charge in [-0.2, -0.15) is 4.74 Å². The van der Waals surface area contributed by atoms with Crippen molar-refractivity contribution in [3.8, 4) is 5.88 Å². The molecule has 0 spiro atoms. The fourth-order valence-electron chi connectivity index (χ4n) is 4.74. The van der Waals surface area contributed by atoms with E-state index in [1.54, 1.807) is 0 Å². The fourth-order valence-corrected chi connectivity index (χ4v) is 4.74. The van der Waals surface area contributed by atoms with Gasteiger partial charge in [0.2, 0.25) is 5.88 Å². The molecular formula is C25H24N4O2. The van der Waals surface area contributed by atoms with Crippen molar-refractivity contribution in [1.82, 2.24) is 14.7 Å². The predicted molar refractivity (Wildman–Crippen MR) is 117 cm³/mol. The van der Waals surface area contributed by atoms with Crippen LogP contribution in [0.1, 0.15) is 49.4 Å². The van der Waals surface area contributed by atoms with Crippen molar-refractivity contribution in [2.45, 2.75) is 44.8 Å². The van der Waals surface area contributed by atoms with E-state index in [9.17, 15) is 0 Å². The molecule has 2 aliphatic rings. The number of pyridine rings is 2. The highest BCUT2D eigenvalue weighted by atomic mass is 16.5. The zero-order valence-corrected chi connectivity index (χ0v) is 17.3. The van der Waals surface area contributed by atoms with Crippen LogP contribution in [0.25, 0.3) is 17.1 Å². The van der Waals surface area contributed by atoms with E-state index in [1.165, 1.54) is 32.1 Å². The highest BCUT2D eigenvalue weighted by molar-refractivity contribution is 5.78. The summed E-state index contributed by atoms with van der Waals surface area (Å²) in [5, 5.41) is 2.24. The van der Waals surface area contributed by atoms with Crippen LogP contribution >= 0.6 is 0 Å². The average molecular weight is 412 g/mol. The maximum absolute atomic E-state index is 5.92. The molecule has 1 aliphatic carbocycles. The van der Waals surface area contributed by atoms with Crippen LogP contribution in [0, 0.1) is 5.92 Å². The molecule has 0 amide bonds. The third-order valence-corrected chi connectivity index (χ3v) is 6.42. The molecule has 0 bridgehead atoms. The van der Waals surface area contributed by atoms with Crippen LogP contribution in [-0.2, 0) is 6.61 Å². The Morgan fingerprint density at radius 2 is 1.94 bits per heavy atom. The van der Waals surface area contributed by atoms with E-state index in [0.29, 0.717) is 18.4 Å². The summed E-state index contributed by atoms with van der Waals surface area (Å²) in [5.74, 6) is 1.17. The minimum Gasteiger partial charge on any atom is -0.471 e. The molecule has 0 N–H and O–H groups in total. The molecule has 1 unspecified atom stereocenters. The molecule has 1 aromatic carbocycles. The first-order valence-electron chi connectivity index (χ1n) is 11.0. The van der Waals surface area contributed by atoms with Crippen LogP contribution in [-0.4, -0.2) is 14.7 Å². The first-order chi connectivity index (χ1) is 15.3. The van der Waals surface area contributed by atoms with Gasteiger partial charge in [-0.3, -0.25) is 0 Å². The lowest BCUT2D eigenvalue weighted by Gasteiger charge is -2.33. The Kier molecular flexibility index (Phi) is 4.55. The number of rotatable bonds is 6. The zero-order chi connectivity index (χ0) is 20.6. The maximum atomic E-state index is 5.92. The SMILES string of the molecule is C1=c2c(on2C(c2ccc(OCc3ccc4ccccc4n3)nc2)C2CCCCC2)=N1. The lowest BCUT2D eigenvalue weighted by molar-refractivity contribution is 0.0936. The van der Waals surface area contributed by atoms with E-state index >= 15 is 0 Å². The number of hydrogen-bond donors (Lipinski definition) is 0. The Balaban J connectivity index is 1.20. The first-order valence-corrected chi connectivity index (χ1v) is 11.0. The van der Waals surface area contributed by atoms with Crippen LogP contribution in [0.15, 0.2) is 64.2 Å². The second-order valence-electron chi connectivity index (χ2n) is 8.42. The number of benzene rings is 1. The number of aromatic nitrogens is 3. The third-order valence-electron chi connectivity index (χ3n) is 6.42. The summed E-state index contributed by atoms with van der Waals surface area (Å²) >= 11 is 0. The van der Waals surface area contributed by atoms with Gasteiger partial charge < -0.3 is 9.26 Å². The molecule has 4 aromatic rings. The van der Waals surface area contributed by atoms with E-state index in [-0.39, 0.29) is 6.04 Å². The third kappa shape index (κ3) is 3.42. The number of ether oxygens (including phenoxy) is 1. The molecule has 0 radical (unpaired) electrons.